The van der Waals surface area contributed by atoms with Gasteiger partial charge in [-0.1, -0.05) is 12.1 Å². The van der Waals surface area contributed by atoms with Crippen molar-refractivity contribution in [1.29, 1.82) is 0 Å². The molecule has 1 saturated heterocycles. The van der Waals surface area contributed by atoms with Crippen LogP contribution < -0.4 is 4.72 Å². The van der Waals surface area contributed by atoms with Gasteiger partial charge in [0.1, 0.15) is 10.7 Å². The summed E-state index contributed by atoms with van der Waals surface area (Å²) in [5.74, 6) is -3.09. The van der Waals surface area contributed by atoms with Gasteiger partial charge in [0.25, 0.3) is 15.9 Å². The second-order valence-corrected chi connectivity index (χ2v) is 10.7. The molecule has 3 aromatic carbocycles. The number of fused-ring (bicyclic) bond motifs is 1. The third-order valence-electron chi connectivity index (χ3n) is 6.68. The van der Waals surface area contributed by atoms with Crippen molar-refractivity contribution in [3.8, 4) is 0 Å². The number of aliphatic hydroxyl groups is 1. The molecule has 0 radical (unpaired) electrons. The Morgan fingerprint density at radius 2 is 1.63 bits per heavy atom. The summed E-state index contributed by atoms with van der Waals surface area (Å²) in [4.78, 5) is 18.3. The van der Waals surface area contributed by atoms with Gasteiger partial charge in [-0.05, 0) is 67.4 Å². The van der Waals surface area contributed by atoms with Crippen molar-refractivity contribution in [2.24, 2.45) is 0 Å². The zero-order valence-corrected chi connectivity index (χ0v) is 20.7. The van der Waals surface area contributed by atoms with Gasteiger partial charge in [0, 0.05) is 41.5 Å². The summed E-state index contributed by atoms with van der Waals surface area (Å²) in [7, 11) is -4.12. The van der Waals surface area contributed by atoms with Gasteiger partial charge in [-0.15, -0.1) is 0 Å². The number of likely N-dealkylation sites (tertiary alicyclic amines) is 1. The maximum Gasteiger partial charge on any atom is 0.264 e. The second kappa shape index (κ2) is 9.73. The van der Waals surface area contributed by atoms with Crippen molar-refractivity contribution < 1.29 is 31.5 Å². The SMILES string of the molecule is O=C(c1ccc(NS(=O)(=O)c2ccc(F)c3cccnc23)cc1)N1CCC(O)(c2cccc(F)c2F)CC1. The van der Waals surface area contributed by atoms with E-state index in [4.69, 9.17) is 0 Å². The monoisotopic (exact) mass is 541 g/mol. The van der Waals surface area contributed by atoms with Crippen molar-refractivity contribution in [1.82, 2.24) is 9.88 Å². The van der Waals surface area contributed by atoms with E-state index in [1.54, 1.807) is 0 Å². The highest BCUT2D eigenvalue weighted by atomic mass is 32.2. The standard InChI is InChI=1S/C27H22F3N3O4S/c28-21-10-11-23(25-19(21)3-2-14-31-25)38(36,37)32-18-8-6-17(7-9-18)26(34)33-15-12-27(35,13-16-33)20-4-1-5-22(29)24(20)30/h1-11,14,32,35H,12-13,15-16H2. The minimum atomic E-state index is -4.12. The number of hydrogen-bond donors (Lipinski definition) is 2. The van der Waals surface area contributed by atoms with E-state index in [-0.39, 0.29) is 64.5 Å². The van der Waals surface area contributed by atoms with Crippen LogP contribution in [-0.4, -0.2) is 42.4 Å². The molecule has 0 spiro atoms. The Balaban J connectivity index is 1.28. The zero-order chi connectivity index (χ0) is 27.1. The van der Waals surface area contributed by atoms with E-state index < -0.39 is 33.1 Å². The molecule has 0 atom stereocenters. The topological polar surface area (TPSA) is 99.6 Å². The zero-order valence-electron chi connectivity index (χ0n) is 19.9. The van der Waals surface area contributed by atoms with Crippen LogP contribution in [0.1, 0.15) is 28.8 Å². The molecule has 2 heterocycles. The van der Waals surface area contributed by atoms with Crippen molar-refractivity contribution in [2.45, 2.75) is 23.3 Å². The van der Waals surface area contributed by atoms with Crippen molar-refractivity contribution in [2.75, 3.05) is 17.8 Å². The molecule has 0 saturated carbocycles. The number of halogens is 3. The van der Waals surface area contributed by atoms with E-state index in [2.05, 4.69) is 9.71 Å². The van der Waals surface area contributed by atoms with Crippen LogP contribution in [0, 0.1) is 17.5 Å². The van der Waals surface area contributed by atoms with Crippen LogP contribution in [0.2, 0.25) is 0 Å². The van der Waals surface area contributed by atoms with Crippen LogP contribution in [0.15, 0.2) is 77.8 Å². The van der Waals surface area contributed by atoms with Crippen LogP contribution in [0.5, 0.6) is 0 Å². The number of rotatable bonds is 5. The third kappa shape index (κ3) is 4.70. The van der Waals surface area contributed by atoms with Crippen LogP contribution in [-0.2, 0) is 15.6 Å². The fourth-order valence-corrected chi connectivity index (χ4v) is 5.84. The molecule has 1 aromatic heterocycles. The number of nitrogens with one attached hydrogen (secondary N) is 1. The van der Waals surface area contributed by atoms with E-state index in [1.807, 2.05) is 0 Å². The highest BCUT2D eigenvalue weighted by Crippen LogP contribution is 2.35. The van der Waals surface area contributed by atoms with Gasteiger partial charge in [-0.3, -0.25) is 14.5 Å². The van der Waals surface area contributed by atoms with Crippen molar-refractivity contribution >= 4 is 32.5 Å². The van der Waals surface area contributed by atoms with Crippen LogP contribution in [0.25, 0.3) is 10.9 Å². The molecule has 1 fully saturated rings. The molecular formula is C27H22F3N3O4S. The van der Waals surface area contributed by atoms with Crippen LogP contribution in [0.4, 0.5) is 18.9 Å². The quantitative estimate of drug-likeness (QED) is 0.386. The molecule has 1 amide bonds. The smallest absolute Gasteiger partial charge is 0.264 e. The van der Waals surface area contributed by atoms with Gasteiger partial charge in [-0.2, -0.15) is 0 Å². The largest absolute Gasteiger partial charge is 0.385 e. The molecule has 2 N–H and O–H groups in total. The van der Waals surface area contributed by atoms with Gasteiger partial charge >= 0.3 is 0 Å². The Kier molecular flexibility index (Phi) is 6.58. The van der Waals surface area contributed by atoms with Gasteiger partial charge in [0.2, 0.25) is 0 Å². The molecule has 0 unspecified atom stereocenters. The first-order valence-corrected chi connectivity index (χ1v) is 13.2. The number of hydrogen-bond acceptors (Lipinski definition) is 5. The van der Waals surface area contributed by atoms with Gasteiger partial charge in [0.05, 0.1) is 11.1 Å². The number of sulfonamides is 1. The van der Waals surface area contributed by atoms with Gasteiger partial charge in [-0.25, -0.2) is 21.6 Å². The number of carbonyl (C=O) groups excluding carboxylic acids is 1. The predicted molar refractivity (Wildman–Crippen MR) is 134 cm³/mol. The minimum Gasteiger partial charge on any atom is -0.385 e. The molecule has 11 heteroatoms. The molecule has 38 heavy (non-hydrogen) atoms. The molecule has 7 nitrogen and oxygen atoms in total. The summed E-state index contributed by atoms with van der Waals surface area (Å²) in [6, 6.07) is 14.5. The predicted octanol–water partition coefficient (Wildman–Crippen LogP) is 4.58. The number of anilines is 1. The lowest BCUT2D eigenvalue weighted by atomic mass is 9.84. The first-order chi connectivity index (χ1) is 18.1. The summed E-state index contributed by atoms with van der Waals surface area (Å²) in [5.41, 5.74) is -1.26. The number of aromatic nitrogens is 1. The average Bonchev–Trinajstić information content (AvgIpc) is 2.90. The minimum absolute atomic E-state index is 0.00465. The lowest BCUT2D eigenvalue weighted by Crippen LogP contribution is -2.45. The molecule has 5 rings (SSSR count). The Hall–Kier alpha value is -3.96. The maximum absolute atomic E-state index is 14.2. The number of nitrogens with zero attached hydrogens (tertiary/aromatic N) is 2. The Labute approximate surface area is 216 Å². The van der Waals surface area contributed by atoms with E-state index in [9.17, 15) is 31.5 Å². The van der Waals surface area contributed by atoms with Gasteiger partial charge in [0.15, 0.2) is 11.6 Å². The lowest BCUT2D eigenvalue weighted by Gasteiger charge is -2.38. The lowest BCUT2D eigenvalue weighted by molar-refractivity contribution is -0.0240. The molecule has 196 valence electrons. The molecule has 1 aliphatic heterocycles. The average molecular weight is 542 g/mol. The Bertz CT molecular complexity index is 1640. The summed E-state index contributed by atoms with van der Waals surface area (Å²) >= 11 is 0. The third-order valence-corrected chi connectivity index (χ3v) is 8.10. The molecule has 0 aliphatic carbocycles. The molecule has 4 aromatic rings. The fraction of sp³-hybridized carbons (Fsp3) is 0.185. The Morgan fingerprint density at radius 3 is 2.34 bits per heavy atom. The summed E-state index contributed by atoms with van der Waals surface area (Å²) in [6.07, 6.45) is 1.42. The van der Waals surface area contributed by atoms with E-state index in [0.717, 1.165) is 18.2 Å². The second-order valence-electron chi connectivity index (χ2n) is 9.05. The number of carbonyl (C=O) groups is 1. The number of amides is 1. The highest BCUT2D eigenvalue weighted by Gasteiger charge is 2.38. The van der Waals surface area contributed by atoms with Crippen molar-refractivity contribution in [3.05, 3.63) is 102 Å². The molecular weight excluding hydrogens is 519 g/mol. The van der Waals surface area contributed by atoms with Gasteiger partial charge < -0.3 is 10.0 Å². The van der Waals surface area contributed by atoms with E-state index >= 15 is 0 Å². The van der Waals surface area contributed by atoms with Crippen LogP contribution in [0.3, 0.4) is 0 Å². The van der Waals surface area contributed by atoms with E-state index in [1.165, 1.54) is 59.6 Å². The number of piperidine rings is 1. The first-order valence-electron chi connectivity index (χ1n) is 11.7. The summed E-state index contributed by atoms with van der Waals surface area (Å²) in [6.45, 7) is 0.231. The van der Waals surface area contributed by atoms with Crippen LogP contribution >= 0.6 is 0 Å². The highest BCUT2D eigenvalue weighted by molar-refractivity contribution is 7.93. The fourth-order valence-electron chi connectivity index (χ4n) is 4.61. The summed E-state index contributed by atoms with van der Waals surface area (Å²) in [5, 5.41) is 11.0. The van der Waals surface area contributed by atoms with Crippen molar-refractivity contribution in [3.63, 3.8) is 0 Å². The first kappa shape index (κ1) is 25.7. The normalized spacial score (nSPS) is 15.4. The summed E-state index contributed by atoms with van der Waals surface area (Å²) < 4.78 is 70.3. The van der Waals surface area contributed by atoms with E-state index in [0.29, 0.717) is 0 Å². The molecule has 0 bridgehead atoms. The number of benzene rings is 3. The maximum atomic E-state index is 14.2. The molecule has 1 aliphatic rings. The number of pyridine rings is 1. The Morgan fingerprint density at radius 1 is 0.921 bits per heavy atom.